The van der Waals surface area contributed by atoms with Crippen LogP contribution in [0, 0.1) is 10.1 Å². The van der Waals surface area contributed by atoms with Crippen LogP contribution in [0.15, 0.2) is 22.7 Å². The molecule has 0 aliphatic rings. The lowest BCUT2D eigenvalue weighted by atomic mass is 10.2. The van der Waals surface area contributed by atoms with Crippen LogP contribution in [0.3, 0.4) is 0 Å². The lowest BCUT2D eigenvalue weighted by Crippen LogP contribution is -2.24. The number of hydrogen-bond donors (Lipinski definition) is 2. The second-order valence-corrected chi connectivity index (χ2v) is 4.43. The van der Waals surface area contributed by atoms with Crippen molar-refractivity contribution in [3.8, 4) is 0 Å². The number of nitrogens with zero attached hydrogens (tertiary/aromatic N) is 1. The number of benzene rings is 1. The molecule has 5 nitrogen and oxygen atoms in total. The van der Waals surface area contributed by atoms with Crippen molar-refractivity contribution < 1.29 is 10.0 Å². The van der Waals surface area contributed by atoms with E-state index in [-0.39, 0.29) is 5.69 Å². The summed E-state index contributed by atoms with van der Waals surface area (Å²) in [4.78, 5) is 10.3. The Morgan fingerprint density at radius 1 is 1.62 bits per heavy atom. The van der Waals surface area contributed by atoms with Gasteiger partial charge in [-0.2, -0.15) is 0 Å². The highest BCUT2D eigenvalue weighted by Gasteiger charge is 2.13. The third-order valence-corrected chi connectivity index (χ3v) is 2.49. The van der Waals surface area contributed by atoms with E-state index < -0.39 is 11.0 Å². The monoisotopic (exact) mass is 288 g/mol. The summed E-state index contributed by atoms with van der Waals surface area (Å²) < 4.78 is 0.798. The summed E-state index contributed by atoms with van der Waals surface area (Å²) in [6.07, 6.45) is -0.466. The van der Waals surface area contributed by atoms with Gasteiger partial charge in [0.05, 0.1) is 11.0 Å². The van der Waals surface area contributed by atoms with Crippen molar-refractivity contribution in [3.05, 3.63) is 38.3 Å². The highest BCUT2D eigenvalue weighted by atomic mass is 79.9. The number of hydrogen-bond acceptors (Lipinski definition) is 4. The molecule has 0 amide bonds. The fraction of sp³-hybridized carbons (Fsp3) is 0.400. The lowest BCUT2D eigenvalue weighted by molar-refractivity contribution is -0.385. The summed E-state index contributed by atoms with van der Waals surface area (Å²) >= 11 is 3.27. The Kier molecular flexibility index (Phi) is 4.85. The molecule has 0 saturated heterocycles. The lowest BCUT2D eigenvalue weighted by Gasteiger charge is -2.07. The number of halogens is 1. The van der Waals surface area contributed by atoms with E-state index in [9.17, 15) is 10.1 Å². The summed E-state index contributed by atoms with van der Waals surface area (Å²) in [5.74, 6) is 0. The predicted octanol–water partition coefficient (Wildman–Crippen LogP) is 1.83. The topological polar surface area (TPSA) is 75.4 Å². The van der Waals surface area contributed by atoms with Gasteiger partial charge in [0.15, 0.2) is 0 Å². The zero-order chi connectivity index (χ0) is 12.1. The smallest absolute Gasteiger partial charge is 0.273 e. The van der Waals surface area contributed by atoms with Gasteiger partial charge >= 0.3 is 0 Å². The molecule has 0 radical (unpaired) electrons. The van der Waals surface area contributed by atoms with Crippen molar-refractivity contribution >= 4 is 21.6 Å². The van der Waals surface area contributed by atoms with Crippen molar-refractivity contribution in [3.63, 3.8) is 0 Å². The van der Waals surface area contributed by atoms with Crippen LogP contribution in [0.2, 0.25) is 0 Å². The summed E-state index contributed by atoms with van der Waals surface area (Å²) in [5.41, 5.74) is 0.682. The number of nitro benzene ring substituents is 1. The van der Waals surface area contributed by atoms with Gasteiger partial charge in [-0.25, -0.2) is 0 Å². The molecule has 0 unspecified atom stereocenters. The molecule has 1 aromatic carbocycles. The van der Waals surface area contributed by atoms with E-state index in [4.69, 9.17) is 5.11 Å². The Morgan fingerprint density at radius 3 is 2.88 bits per heavy atom. The maximum absolute atomic E-state index is 10.7. The molecule has 0 fully saturated rings. The quantitative estimate of drug-likeness (QED) is 0.640. The van der Waals surface area contributed by atoms with Gasteiger partial charge in [0, 0.05) is 29.2 Å². The number of nitro groups is 1. The highest BCUT2D eigenvalue weighted by molar-refractivity contribution is 9.10. The van der Waals surface area contributed by atoms with E-state index in [1.165, 1.54) is 6.07 Å². The zero-order valence-electron chi connectivity index (χ0n) is 8.81. The molecule has 0 aromatic heterocycles. The van der Waals surface area contributed by atoms with Gasteiger partial charge < -0.3 is 10.4 Å². The summed E-state index contributed by atoms with van der Waals surface area (Å²) in [7, 11) is 0. The third kappa shape index (κ3) is 3.88. The summed E-state index contributed by atoms with van der Waals surface area (Å²) in [5, 5.41) is 22.7. The van der Waals surface area contributed by atoms with Crippen LogP contribution in [0.1, 0.15) is 12.5 Å². The van der Waals surface area contributed by atoms with Crippen molar-refractivity contribution in [2.45, 2.75) is 19.6 Å². The van der Waals surface area contributed by atoms with Gasteiger partial charge in [0.25, 0.3) is 5.69 Å². The van der Waals surface area contributed by atoms with Crippen LogP contribution < -0.4 is 5.32 Å². The normalized spacial score (nSPS) is 12.4. The molecule has 1 aromatic rings. The SMILES string of the molecule is C[C@H](O)CNCc1cc(Br)ccc1[N+](=O)[O-]. The Labute approximate surface area is 102 Å². The van der Waals surface area contributed by atoms with Gasteiger partial charge in [-0.1, -0.05) is 15.9 Å². The van der Waals surface area contributed by atoms with Gasteiger partial charge in [0.2, 0.25) is 0 Å². The third-order valence-electron chi connectivity index (χ3n) is 1.99. The van der Waals surface area contributed by atoms with Crippen molar-refractivity contribution in [1.82, 2.24) is 5.32 Å². The number of aliphatic hydroxyl groups excluding tert-OH is 1. The number of nitrogens with one attached hydrogen (secondary N) is 1. The molecule has 0 aliphatic heterocycles. The van der Waals surface area contributed by atoms with Crippen molar-refractivity contribution in [1.29, 1.82) is 0 Å². The van der Waals surface area contributed by atoms with Gasteiger partial charge in [-0.15, -0.1) is 0 Å². The van der Waals surface area contributed by atoms with E-state index in [1.54, 1.807) is 19.1 Å². The standard InChI is InChI=1S/C10H13BrN2O3/c1-7(14)5-12-6-8-4-9(11)2-3-10(8)13(15)16/h2-4,7,12,14H,5-6H2,1H3/t7-/m0/s1. The van der Waals surface area contributed by atoms with Crippen LogP contribution >= 0.6 is 15.9 Å². The number of aliphatic hydroxyl groups is 1. The molecule has 0 bridgehead atoms. The second kappa shape index (κ2) is 5.93. The minimum Gasteiger partial charge on any atom is -0.392 e. The molecule has 1 rings (SSSR count). The Morgan fingerprint density at radius 2 is 2.31 bits per heavy atom. The summed E-state index contributed by atoms with van der Waals surface area (Å²) in [6.45, 7) is 2.42. The van der Waals surface area contributed by atoms with Crippen LogP contribution in [0.25, 0.3) is 0 Å². The minimum atomic E-state index is -0.466. The van der Waals surface area contributed by atoms with Gasteiger partial charge in [-0.05, 0) is 19.1 Å². The Bertz CT molecular complexity index is 382. The van der Waals surface area contributed by atoms with E-state index in [2.05, 4.69) is 21.2 Å². The summed E-state index contributed by atoms with van der Waals surface area (Å²) in [6, 6.07) is 4.80. The predicted molar refractivity (Wildman–Crippen MR) is 64.2 cm³/mol. The maximum atomic E-state index is 10.7. The van der Waals surface area contributed by atoms with Gasteiger partial charge in [-0.3, -0.25) is 10.1 Å². The fourth-order valence-corrected chi connectivity index (χ4v) is 1.70. The van der Waals surface area contributed by atoms with Gasteiger partial charge in [0.1, 0.15) is 0 Å². The van der Waals surface area contributed by atoms with Crippen molar-refractivity contribution in [2.75, 3.05) is 6.54 Å². The average molecular weight is 289 g/mol. The van der Waals surface area contributed by atoms with E-state index in [0.29, 0.717) is 18.7 Å². The molecule has 0 spiro atoms. The molecule has 0 aliphatic carbocycles. The first-order valence-electron chi connectivity index (χ1n) is 4.82. The molecule has 6 heteroatoms. The molecule has 88 valence electrons. The van der Waals surface area contributed by atoms with Crippen LogP contribution in [0.5, 0.6) is 0 Å². The largest absolute Gasteiger partial charge is 0.392 e. The Hall–Kier alpha value is -0.980. The molecule has 16 heavy (non-hydrogen) atoms. The molecule has 2 N–H and O–H groups in total. The molecule has 1 atom stereocenters. The minimum absolute atomic E-state index is 0.0845. The van der Waals surface area contributed by atoms with E-state index in [0.717, 1.165) is 4.47 Å². The molecule has 0 saturated carbocycles. The number of rotatable bonds is 5. The first kappa shape index (κ1) is 13.1. The highest BCUT2D eigenvalue weighted by Crippen LogP contribution is 2.22. The molecular weight excluding hydrogens is 276 g/mol. The Balaban J connectivity index is 2.76. The molecular formula is C10H13BrN2O3. The van der Waals surface area contributed by atoms with Crippen LogP contribution in [0.4, 0.5) is 5.69 Å². The fourth-order valence-electron chi connectivity index (χ4n) is 1.29. The van der Waals surface area contributed by atoms with E-state index >= 15 is 0 Å². The van der Waals surface area contributed by atoms with Crippen LogP contribution in [-0.2, 0) is 6.54 Å². The second-order valence-electron chi connectivity index (χ2n) is 3.51. The van der Waals surface area contributed by atoms with E-state index in [1.807, 2.05) is 0 Å². The first-order chi connectivity index (χ1) is 7.50. The molecule has 0 heterocycles. The van der Waals surface area contributed by atoms with Crippen LogP contribution in [-0.4, -0.2) is 22.7 Å². The average Bonchev–Trinajstić information content (AvgIpc) is 2.16. The zero-order valence-corrected chi connectivity index (χ0v) is 10.4. The van der Waals surface area contributed by atoms with Crippen molar-refractivity contribution in [2.24, 2.45) is 0 Å². The maximum Gasteiger partial charge on any atom is 0.273 e. The first-order valence-corrected chi connectivity index (χ1v) is 5.61.